The lowest BCUT2D eigenvalue weighted by Crippen LogP contribution is -2.04. The SMILES string of the molecule is Cc1c(CO)c2c[c]ccc2n1CCO. The minimum absolute atomic E-state index is 0.0264. The molecule has 79 valence electrons. The van der Waals surface area contributed by atoms with Gasteiger partial charge in [-0.1, -0.05) is 6.07 Å². The summed E-state index contributed by atoms with van der Waals surface area (Å²) in [6.07, 6.45) is 0. The molecule has 0 saturated carbocycles. The molecule has 0 bridgehead atoms. The Bertz CT molecular complexity index is 474. The molecule has 2 rings (SSSR count). The van der Waals surface area contributed by atoms with Crippen LogP contribution in [0.25, 0.3) is 10.9 Å². The molecule has 0 unspecified atom stereocenters. The van der Waals surface area contributed by atoms with Crippen molar-refractivity contribution < 1.29 is 10.2 Å². The summed E-state index contributed by atoms with van der Waals surface area (Å²) < 4.78 is 2.02. The Labute approximate surface area is 88.6 Å². The lowest BCUT2D eigenvalue weighted by molar-refractivity contribution is 0.272. The average Bonchev–Trinajstić information content (AvgIpc) is 2.53. The molecule has 2 aromatic rings. The average molecular weight is 204 g/mol. The highest BCUT2D eigenvalue weighted by molar-refractivity contribution is 5.85. The van der Waals surface area contributed by atoms with Crippen LogP contribution in [0.4, 0.5) is 0 Å². The fraction of sp³-hybridized carbons (Fsp3) is 0.333. The van der Waals surface area contributed by atoms with Gasteiger partial charge in [0.05, 0.1) is 13.2 Å². The minimum atomic E-state index is 0.0264. The van der Waals surface area contributed by atoms with Gasteiger partial charge in [-0.2, -0.15) is 0 Å². The largest absolute Gasteiger partial charge is 0.395 e. The minimum Gasteiger partial charge on any atom is -0.395 e. The summed E-state index contributed by atoms with van der Waals surface area (Å²) in [5.74, 6) is 0. The Morgan fingerprint density at radius 2 is 2.20 bits per heavy atom. The van der Waals surface area contributed by atoms with E-state index in [-0.39, 0.29) is 13.2 Å². The molecule has 0 saturated heterocycles. The molecule has 0 amide bonds. The van der Waals surface area contributed by atoms with Crippen molar-refractivity contribution in [1.29, 1.82) is 0 Å². The molecular formula is C12H14NO2. The predicted molar refractivity (Wildman–Crippen MR) is 58.5 cm³/mol. The lowest BCUT2D eigenvalue weighted by atomic mass is 10.1. The molecule has 1 radical (unpaired) electrons. The van der Waals surface area contributed by atoms with Crippen LogP contribution in [0.2, 0.25) is 0 Å². The molecule has 0 aliphatic heterocycles. The summed E-state index contributed by atoms with van der Waals surface area (Å²) in [5.41, 5.74) is 2.99. The smallest absolute Gasteiger partial charge is 0.0705 e. The summed E-state index contributed by atoms with van der Waals surface area (Å²) in [6.45, 7) is 2.65. The van der Waals surface area contributed by atoms with Gasteiger partial charge in [-0.05, 0) is 25.1 Å². The van der Waals surface area contributed by atoms with Crippen LogP contribution in [0.5, 0.6) is 0 Å². The van der Waals surface area contributed by atoms with E-state index in [4.69, 9.17) is 5.11 Å². The third kappa shape index (κ3) is 1.54. The quantitative estimate of drug-likeness (QED) is 0.790. The summed E-state index contributed by atoms with van der Waals surface area (Å²) >= 11 is 0. The zero-order valence-electron chi connectivity index (χ0n) is 8.70. The third-order valence-corrected chi connectivity index (χ3v) is 2.78. The molecule has 0 fully saturated rings. The third-order valence-electron chi connectivity index (χ3n) is 2.78. The van der Waals surface area contributed by atoms with Crippen molar-refractivity contribution in [3.8, 4) is 0 Å². The Kier molecular flexibility index (Phi) is 2.75. The van der Waals surface area contributed by atoms with Crippen molar-refractivity contribution in [2.45, 2.75) is 20.1 Å². The maximum atomic E-state index is 9.31. The second-order valence-electron chi connectivity index (χ2n) is 3.54. The highest BCUT2D eigenvalue weighted by Crippen LogP contribution is 2.25. The van der Waals surface area contributed by atoms with Crippen molar-refractivity contribution in [3.05, 3.63) is 35.5 Å². The van der Waals surface area contributed by atoms with E-state index >= 15 is 0 Å². The molecule has 3 heteroatoms. The number of rotatable bonds is 3. The van der Waals surface area contributed by atoms with Gasteiger partial charge in [0, 0.05) is 28.7 Å². The number of benzene rings is 1. The van der Waals surface area contributed by atoms with Crippen LogP contribution in [-0.2, 0) is 13.2 Å². The van der Waals surface area contributed by atoms with Crippen molar-refractivity contribution in [2.24, 2.45) is 0 Å². The van der Waals surface area contributed by atoms with E-state index in [0.29, 0.717) is 6.54 Å². The van der Waals surface area contributed by atoms with Gasteiger partial charge < -0.3 is 14.8 Å². The number of aliphatic hydroxyl groups is 2. The van der Waals surface area contributed by atoms with E-state index in [9.17, 15) is 5.11 Å². The molecule has 1 aromatic carbocycles. The van der Waals surface area contributed by atoms with Gasteiger partial charge in [0.25, 0.3) is 0 Å². The maximum Gasteiger partial charge on any atom is 0.0705 e. The molecule has 0 aliphatic rings. The van der Waals surface area contributed by atoms with Crippen LogP contribution in [0.3, 0.4) is 0 Å². The van der Waals surface area contributed by atoms with Crippen LogP contribution in [0, 0.1) is 13.0 Å². The highest BCUT2D eigenvalue weighted by Gasteiger charge is 2.11. The highest BCUT2D eigenvalue weighted by atomic mass is 16.3. The second kappa shape index (κ2) is 4.04. The number of aromatic nitrogens is 1. The van der Waals surface area contributed by atoms with Gasteiger partial charge in [-0.25, -0.2) is 0 Å². The molecule has 1 aromatic heterocycles. The van der Waals surface area contributed by atoms with E-state index in [2.05, 4.69) is 6.07 Å². The molecule has 3 nitrogen and oxygen atoms in total. The monoisotopic (exact) mass is 204 g/mol. The number of aliphatic hydroxyl groups excluding tert-OH is 2. The molecular weight excluding hydrogens is 190 g/mol. The first-order chi connectivity index (χ1) is 7.29. The number of hydrogen-bond donors (Lipinski definition) is 2. The molecule has 15 heavy (non-hydrogen) atoms. The predicted octanol–water partition coefficient (Wildman–Crippen LogP) is 1.23. The van der Waals surface area contributed by atoms with Gasteiger partial charge in [0.15, 0.2) is 0 Å². The summed E-state index contributed by atoms with van der Waals surface area (Å²) in [7, 11) is 0. The van der Waals surface area contributed by atoms with E-state index in [1.165, 1.54) is 0 Å². The number of fused-ring (bicyclic) bond motifs is 1. The van der Waals surface area contributed by atoms with Crippen LogP contribution >= 0.6 is 0 Å². The number of hydrogen-bond acceptors (Lipinski definition) is 2. The maximum absolute atomic E-state index is 9.31. The molecule has 0 spiro atoms. The van der Waals surface area contributed by atoms with E-state index in [1.807, 2.05) is 29.7 Å². The van der Waals surface area contributed by atoms with Crippen LogP contribution in [0.15, 0.2) is 18.2 Å². The van der Waals surface area contributed by atoms with Crippen molar-refractivity contribution in [1.82, 2.24) is 4.57 Å². The van der Waals surface area contributed by atoms with Crippen LogP contribution in [0.1, 0.15) is 11.3 Å². The van der Waals surface area contributed by atoms with E-state index in [0.717, 1.165) is 22.2 Å². The zero-order valence-corrected chi connectivity index (χ0v) is 8.70. The van der Waals surface area contributed by atoms with Crippen molar-refractivity contribution in [2.75, 3.05) is 6.61 Å². The second-order valence-corrected chi connectivity index (χ2v) is 3.54. The number of nitrogens with zero attached hydrogens (tertiary/aromatic N) is 1. The van der Waals surface area contributed by atoms with Gasteiger partial charge in [-0.3, -0.25) is 0 Å². The first-order valence-corrected chi connectivity index (χ1v) is 4.99. The molecule has 0 aliphatic carbocycles. The van der Waals surface area contributed by atoms with Crippen LogP contribution in [-0.4, -0.2) is 21.4 Å². The Balaban J connectivity index is 2.72. The van der Waals surface area contributed by atoms with Gasteiger partial charge >= 0.3 is 0 Å². The lowest BCUT2D eigenvalue weighted by Gasteiger charge is -2.05. The zero-order chi connectivity index (χ0) is 10.8. The summed E-state index contributed by atoms with van der Waals surface area (Å²) in [4.78, 5) is 0. The van der Waals surface area contributed by atoms with Crippen molar-refractivity contribution in [3.63, 3.8) is 0 Å². The van der Waals surface area contributed by atoms with Gasteiger partial charge in [0.1, 0.15) is 0 Å². The Morgan fingerprint density at radius 3 is 2.87 bits per heavy atom. The fourth-order valence-electron chi connectivity index (χ4n) is 2.03. The van der Waals surface area contributed by atoms with E-state index in [1.54, 1.807) is 0 Å². The molecule has 2 N–H and O–H groups in total. The Morgan fingerprint density at radius 1 is 1.40 bits per heavy atom. The normalized spacial score (nSPS) is 11.1. The Hall–Kier alpha value is -1.32. The first kappa shape index (κ1) is 10.2. The van der Waals surface area contributed by atoms with Crippen LogP contribution < -0.4 is 0 Å². The molecule has 1 heterocycles. The topological polar surface area (TPSA) is 45.4 Å². The standard InChI is InChI=1S/C12H14NO2/c1-9-11(8-15)10-4-2-3-5-12(10)13(9)6-7-14/h3-5,14-15H,6-8H2,1H3. The van der Waals surface area contributed by atoms with Gasteiger partial charge in [-0.15, -0.1) is 0 Å². The summed E-state index contributed by atoms with van der Waals surface area (Å²) in [5, 5.41) is 19.3. The van der Waals surface area contributed by atoms with E-state index < -0.39 is 0 Å². The molecule has 0 atom stereocenters. The fourth-order valence-corrected chi connectivity index (χ4v) is 2.03. The summed E-state index contributed by atoms with van der Waals surface area (Å²) in [6, 6.07) is 8.68. The van der Waals surface area contributed by atoms with Gasteiger partial charge in [0.2, 0.25) is 0 Å². The van der Waals surface area contributed by atoms with Crippen molar-refractivity contribution >= 4 is 10.9 Å². The first-order valence-electron chi connectivity index (χ1n) is 4.99.